The molecule has 6 heterocycles. The van der Waals surface area contributed by atoms with E-state index in [2.05, 4.69) is 69.1 Å². The van der Waals surface area contributed by atoms with Crippen molar-refractivity contribution in [2.75, 3.05) is 30.3 Å². The molecule has 16 nitrogen and oxygen atoms in total. The molecule has 2 fully saturated rings. The molecule has 340 valence electrons. The third-order valence-corrected chi connectivity index (χ3v) is 11.6. The number of hydrogen-bond acceptors (Lipinski definition) is 8. The molecular weight excluding hydrogens is 825 g/mol. The van der Waals surface area contributed by atoms with Gasteiger partial charge in [-0.15, -0.1) is 0 Å². The summed E-state index contributed by atoms with van der Waals surface area (Å²) >= 11 is 0. The van der Waals surface area contributed by atoms with E-state index in [4.69, 9.17) is 19.4 Å². The number of nitrogens with one attached hydrogen (secondary N) is 4. The van der Waals surface area contributed by atoms with E-state index in [1.165, 1.54) is 0 Å². The van der Waals surface area contributed by atoms with E-state index in [0.29, 0.717) is 35.9 Å². The van der Waals surface area contributed by atoms with Gasteiger partial charge in [0, 0.05) is 39.6 Å². The van der Waals surface area contributed by atoms with Crippen LogP contribution in [0.3, 0.4) is 0 Å². The summed E-state index contributed by atoms with van der Waals surface area (Å²) in [6, 6.07) is 19.5. The Labute approximate surface area is 378 Å². The maximum absolute atomic E-state index is 13.8. The van der Waals surface area contributed by atoms with Crippen LogP contribution in [-0.4, -0.2) is 88.2 Å². The minimum Gasteiger partial charge on any atom is -0.449 e. The predicted octanol–water partition coefficient (Wildman–Crippen LogP) is 9.71. The van der Waals surface area contributed by atoms with Gasteiger partial charge >= 0.3 is 12.2 Å². The normalized spacial score (nSPS) is 16.5. The zero-order chi connectivity index (χ0) is 46.2. The zero-order valence-electron chi connectivity index (χ0n) is 38.3. The smallest absolute Gasteiger partial charge is 0.412 e. The summed E-state index contributed by atoms with van der Waals surface area (Å²) in [7, 11) is 3.57. The first-order valence-electron chi connectivity index (χ1n) is 22.1. The number of rotatable bonds is 10. The van der Waals surface area contributed by atoms with Gasteiger partial charge in [-0.05, 0) is 86.3 Å². The number of hydrogen-bond donors (Lipinski definition) is 4. The van der Waals surface area contributed by atoms with Crippen LogP contribution in [0.4, 0.5) is 21.0 Å². The van der Waals surface area contributed by atoms with Crippen LogP contribution in [0, 0.1) is 5.41 Å². The first kappa shape index (κ1) is 44.5. The van der Waals surface area contributed by atoms with Crippen LogP contribution in [0.5, 0.6) is 0 Å². The predicted molar refractivity (Wildman–Crippen MR) is 248 cm³/mol. The Morgan fingerprint density at radius 1 is 0.646 bits per heavy atom. The maximum Gasteiger partial charge on any atom is 0.412 e. The lowest BCUT2D eigenvalue weighted by Gasteiger charge is -2.23. The van der Waals surface area contributed by atoms with Crippen molar-refractivity contribution < 1.29 is 28.7 Å². The van der Waals surface area contributed by atoms with Crippen molar-refractivity contribution in [1.29, 1.82) is 0 Å². The highest BCUT2D eigenvalue weighted by atomic mass is 16.6. The molecule has 4 aromatic heterocycles. The Kier molecular flexibility index (Phi) is 12.2. The van der Waals surface area contributed by atoms with Crippen molar-refractivity contribution in [1.82, 2.24) is 38.9 Å². The van der Waals surface area contributed by atoms with Crippen LogP contribution in [0.15, 0.2) is 85.5 Å². The van der Waals surface area contributed by atoms with Gasteiger partial charge in [0.25, 0.3) is 11.8 Å². The summed E-state index contributed by atoms with van der Waals surface area (Å²) in [5.41, 5.74) is 6.91. The fraction of sp³-hybridized carbons (Fsp3) is 0.388. The Hall–Kier alpha value is -7.10. The highest BCUT2D eigenvalue weighted by Crippen LogP contribution is 2.36. The van der Waals surface area contributed by atoms with E-state index < -0.39 is 17.8 Å². The molecule has 0 bridgehead atoms. The van der Waals surface area contributed by atoms with Crippen LogP contribution in [0.25, 0.3) is 33.6 Å². The number of benzene rings is 2. The molecule has 2 aliphatic heterocycles. The van der Waals surface area contributed by atoms with E-state index >= 15 is 0 Å². The second-order valence-electron chi connectivity index (χ2n) is 19.2. The minimum absolute atomic E-state index is 0.130. The minimum atomic E-state index is -0.638. The summed E-state index contributed by atoms with van der Waals surface area (Å²) in [5.74, 6) is 1.20. The summed E-state index contributed by atoms with van der Waals surface area (Å²) in [4.78, 5) is 72.5. The lowest BCUT2D eigenvalue weighted by Crippen LogP contribution is -2.32. The number of carbonyl (C=O) groups excluding carboxylic acids is 4. The number of H-pyrrole nitrogens is 2. The SMILES string of the molecule is Cn1cc(NC(=O)OCC(C)(C)C)cc1C(=O)N1CCC[C@@H]1c1ncc(-c2ccc(-c3ccc(-c4cnc([C@H]5CCCN5C(=O)c5cc(NC(=O)OC(C)(C)C)cn5C)[nH]4)cc3)cc2)[nH]1. The lowest BCUT2D eigenvalue weighted by atomic mass is 9.99. The van der Waals surface area contributed by atoms with Gasteiger partial charge in [0.1, 0.15) is 28.6 Å². The molecule has 0 spiro atoms. The number of aryl methyl sites for hydroxylation is 2. The van der Waals surface area contributed by atoms with Crippen LogP contribution >= 0.6 is 0 Å². The molecule has 6 aromatic rings. The average molecular weight is 883 g/mol. The first-order chi connectivity index (χ1) is 30.9. The van der Waals surface area contributed by atoms with Crippen molar-refractivity contribution in [3.8, 4) is 33.6 Å². The van der Waals surface area contributed by atoms with Crippen molar-refractivity contribution >= 4 is 35.4 Å². The number of anilines is 2. The Morgan fingerprint density at radius 2 is 1.06 bits per heavy atom. The number of carbonyl (C=O) groups is 4. The maximum atomic E-state index is 13.8. The van der Waals surface area contributed by atoms with E-state index in [0.717, 1.165) is 71.0 Å². The van der Waals surface area contributed by atoms with Crippen molar-refractivity contribution in [2.45, 2.75) is 84.9 Å². The van der Waals surface area contributed by atoms with Crippen LogP contribution in [-0.2, 0) is 23.6 Å². The number of amides is 4. The molecule has 4 amide bonds. The highest BCUT2D eigenvalue weighted by Gasteiger charge is 2.35. The molecule has 2 atom stereocenters. The second kappa shape index (κ2) is 17.8. The fourth-order valence-corrected chi connectivity index (χ4v) is 8.42. The monoisotopic (exact) mass is 882 g/mol. The van der Waals surface area contributed by atoms with E-state index in [-0.39, 0.29) is 35.9 Å². The topological polar surface area (TPSA) is 184 Å². The van der Waals surface area contributed by atoms with Crippen LogP contribution in [0.1, 0.15) is 112 Å². The van der Waals surface area contributed by atoms with E-state index in [9.17, 15) is 19.2 Å². The van der Waals surface area contributed by atoms with Gasteiger partial charge in [0.15, 0.2) is 0 Å². The number of aromatic amines is 2. The Morgan fingerprint density at radius 3 is 1.48 bits per heavy atom. The van der Waals surface area contributed by atoms with E-state index in [1.54, 1.807) is 68.5 Å². The highest BCUT2D eigenvalue weighted by molar-refractivity contribution is 5.97. The molecule has 0 saturated carbocycles. The van der Waals surface area contributed by atoms with Gasteiger partial charge in [-0.25, -0.2) is 19.6 Å². The van der Waals surface area contributed by atoms with Gasteiger partial charge in [-0.2, -0.15) is 0 Å². The number of likely N-dealkylation sites (tertiary alicyclic amines) is 2. The number of ether oxygens (including phenoxy) is 2. The van der Waals surface area contributed by atoms with Gasteiger partial charge < -0.3 is 38.4 Å². The Bertz CT molecular complexity index is 2690. The van der Waals surface area contributed by atoms with Gasteiger partial charge in [0.05, 0.1) is 53.8 Å². The molecule has 0 aliphatic carbocycles. The molecule has 2 saturated heterocycles. The summed E-state index contributed by atoms with van der Waals surface area (Å²) in [5, 5.41) is 5.46. The number of aromatic nitrogens is 6. The largest absolute Gasteiger partial charge is 0.449 e. The van der Waals surface area contributed by atoms with Gasteiger partial charge in [-0.1, -0.05) is 69.3 Å². The molecule has 8 rings (SSSR count). The second-order valence-corrected chi connectivity index (χ2v) is 19.2. The third kappa shape index (κ3) is 10.2. The molecule has 0 unspecified atom stereocenters. The molecule has 2 aliphatic rings. The summed E-state index contributed by atoms with van der Waals surface area (Å²) in [6.45, 7) is 12.8. The molecule has 0 radical (unpaired) electrons. The summed E-state index contributed by atoms with van der Waals surface area (Å²) < 4.78 is 14.2. The standard InChI is InChI=1S/C49H58N10O6/c1-48(2,3)29-64-46(62)52-34-23-40(56(7)27-34)44(60)58-21-9-11-38(58)42-50-25-36(54-42)32-17-13-30(14-18-32)31-15-19-33(20-16-31)37-26-51-43(55-37)39-12-10-22-59(39)45(61)41-24-35(28-57(41)8)53-47(63)65-49(4,5)6/h13-20,23-28,38-39H,9-12,21-22,29H2,1-8H3,(H,50,54)(H,51,55)(H,52,62)(H,53,63)/t38-,39-/m1/s1. The third-order valence-electron chi connectivity index (χ3n) is 11.6. The van der Waals surface area contributed by atoms with Gasteiger partial charge in [-0.3, -0.25) is 20.2 Å². The van der Waals surface area contributed by atoms with E-state index in [1.807, 2.05) is 43.0 Å². The van der Waals surface area contributed by atoms with Crippen molar-refractivity contribution in [3.63, 3.8) is 0 Å². The molecule has 16 heteroatoms. The quantitative estimate of drug-likeness (QED) is 0.105. The fourth-order valence-electron chi connectivity index (χ4n) is 8.42. The molecular formula is C49H58N10O6. The molecule has 2 aromatic carbocycles. The van der Waals surface area contributed by atoms with Crippen LogP contribution in [0.2, 0.25) is 0 Å². The van der Waals surface area contributed by atoms with Crippen molar-refractivity contribution in [3.05, 3.63) is 108 Å². The van der Waals surface area contributed by atoms with Gasteiger partial charge in [0.2, 0.25) is 0 Å². The average Bonchev–Trinajstić information content (AvgIpc) is 4.11. The zero-order valence-corrected chi connectivity index (χ0v) is 38.3. The molecule has 4 N–H and O–H groups in total. The molecule has 65 heavy (non-hydrogen) atoms. The number of nitrogens with zero attached hydrogens (tertiary/aromatic N) is 6. The lowest BCUT2D eigenvalue weighted by molar-refractivity contribution is 0.0633. The van der Waals surface area contributed by atoms with Crippen molar-refractivity contribution in [2.24, 2.45) is 19.5 Å². The summed E-state index contributed by atoms with van der Waals surface area (Å²) in [6.07, 6.45) is 9.19. The Balaban J connectivity index is 0.884. The number of imidazole rings is 2. The van der Waals surface area contributed by atoms with Crippen LogP contribution < -0.4 is 10.6 Å². The first-order valence-corrected chi connectivity index (χ1v) is 22.1.